The second-order valence-corrected chi connectivity index (χ2v) is 9.03. The second kappa shape index (κ2) is 6.61. The van der Waals surface area contributed by atoms with Crippen molar-refractivity contribution in [3.63, 3.8) is 0 Å². The smallest absolute Gasteiger partial charge is 0.248 e. The molecule has 0 N–H and O–H groups in total. The van der Waals surface area contributed by atoms with Gasteiger partial charge in [-0.15, -0.1) is 0 Å². The summed E-state index contributed by atoms with van der Waals surface area (Å²) >= 11 is 0. The Morgan fingerprint density at radius 3 is 2.26 bits per heavy atom. The molecule has 0 aromatic heterocycles. The van der Waals surface area contributed by atoms with Crippen molar-refractivity contribution in [2.75, 3.05) is 27.8 Å². The Labute approximate surface area is 161 Å². The van der Waals surface area contributed by atoms with Crippen LogP contribution in [0.15, 0.2) is 18.2 Å². The van der Waals surface area contributed by atoms with Gasteiger partial charge < -0.3 is 14.4 Å². The van der Waals surface area contributed by atoms with Crippen LogP contribution in [0.5, 0.6) is 11.5 Å². The van der Waals surface area contributed by atoms with E-state index in [4.69, 9.17) is 9.47 Å². The molecular formula is C22H31F2NO2. The lowest BCUT2D eigenvalue weighted by Crippen LogP contribution is -2.51. The van der Waals surface area contributed by atoms with Gasteiger partial charge >= 0.3 is 0 Å². The van der Waals surface area contributed by atoms with Crippen molar-refractivity contribution in [3.05, 3.63) is 23.8 Å². The first-order valence-corrected chi connectivity index (χ1v) is 10.1. The monoisotopic (exact) mass is 379 g/mol. The van der Waals surface area contributed by atoms with Crippen molar-refractivity contribution < 1.29 is 18.3 Å². The molecule has 3 fully saturated rings. The van der Waals surface area contributed by atoms with Crippen LogP contribution < -0.4 is 9.47 Å². The number of ether oxygens (including phenoxy) is 2. The van der Waals surface area contributed by atoms with Crippen LogP contribution >= 0.6 is 0 Å². The van der Waals surface area contributed by atoms with E-state index in [1.807, 2.05) is 6.07 Å². The van der Waals surface area contributed by atoms with Gasteiger partial charge in [-0.3, -0.25) is 0 Å². The molecule has 1 saturated heterocycles. The number of nitrogens with zero attached hydrogens (tertiary/aromatic N) is 1. The Balaban J connectivity index is 1.64. The number of fused-ring (bicyclic) bond motifs is 1. The number of rotatable bonds is 3. The van der Waals surface area contributed by atoms with Crippen LogP contribution in [0.1, 0.15) is 56.9 Å². The normalized spacial score (nSPS) is 32.3. The summed E-state index contributed by atoms with van der Waals surface area (Å²) in [4.78, 5) is 2.46. The molecule has 5 heteroatoms. The van der Waals surface area contributed by atoms with E-state index in [0.717, 1.165) is 43.7 Å². The summed E-state index contributed by atoms with van der Waals surface area (Å²) in [6, 6.07) is 6.73. The van der Waals surface area contributed by atoms with Gasteiger partial charge in [0.25, 0.3) is 0 Å². The first-order chi connectivity index (χ1) is 12.8. The maximum atomic E-state index is 13.7. The fraction of sp³-hybridized carbons (Fsp3) is 0.727. The lowest BCUT2D eigenvalue weighted by molar-refractivity contribution is -0.0853. The SMILES string of the molecule is COc1ccc([C@]23CCN(C)[C@H]2CC2(CCC(F)(F)CC2)CC3)cc1OC. The molecule has 1 aromatic rings. The van der Waals surface area contributed by atoms with Gasteiger partial charge in [-0.05, 0) is 75.2 Å². The van der Waals surface area contributed by atoms with Crippen molar-refractivity contribution >= 4 is 0 Å². The number of alkyl halides is 2. The van der Waals surface area contributed by atoms with Gasteiger partial charge in [-0.25, -0.2) is 8.78 Å². The molecule has 2 aliphatic carbocycles. The number of methoxy groups -OCH3 is 2. The standard InChI is InChI=1S/C22H31F2NO2/c1-25-13-12-21(16-4-5-17(26-2)18(14-16)27-3)9-6-20(15-19(21)25)7-10-22(23,24)11-8-20/h4-5,14,19H,6-13,15H2,1-3H3/t19-,21-/m0/s1. The topological polar surface area (TPSA) is 21.7 Å². The first kappa shape index (κ1) is 19.0. The average molecular weight is 379 g/mol. The predicted molar refractivity (Wildman–Crippen MR) is 102 cm³/mol. The Bertz CT molecular complexity index is 698. The molecule has 150 valence electrons. The van der Waals surface area contributed by atoms with E-state index in [9.17, 15) is 8.78 Å². The van der Waals surface area contributed by atoms with Gasteiger partial charge in [0.1, 0.15) is 0 Å². The third-order valence-electron chi connectivity index (χ3n) is 7.81. The molecule has 27 heavy (non-hydrogen) atoms. The average Bonchev–Trinajstić information content (AvgIpc) is 3.01. The molecular weight excluding hydrogens is 348 g/mol. The van der Waals surface area contributed by atoms with E-state index in [2.05, 4.69) is 24.1 Å². The Kier molecular flexibility index (Phi) is 4.65. The molecule has 3 aliphatic rings. The molecule has 0 bridgehead atoms. The second-order valence-electron chi connectivity index (χ2n) is 9.03. The summed E-state index contributed by atoms with van der Waals surface area (Å²) in [5, 5.41) is 0. The fourth-order valence-electron chi connectivity index (χ4n) is 5.99. The largest absolute Gasteiger partial charge is 0.493 e. The van der Waals surface area contributed by atoms with Crippen molar-refractivity contribution in [1.82, 2.24) is 4.90 Å². The predicted octanol–water partition coefficient (Wildman–Crippen LogP) is 5.03. The molecule has 0 radical (unpaired) electrons. The zero-order chi connectivity index (χ0) is 19.3. The number of halogens is 2. The van der Waals surface area contributed by atoms with Crippen molar-refractivity contribution in [2.24, 2.45) is 5.41 Å². The van der Waals surface area contributed by atoms with Crippen molar-refractivity contribution in [1.29, 1.82) is 0 Å². The van der Waals surface area contributed by atoms with E-state index in [0.29, 0.717) is 18.9 Å². The lowest BCUT2D eigenvalue weighted by atomic mass is 9.55. The highest BCUT2D eigenvalue weighted by Gasteiger charge is 2.56. The number of likely N-dealkylation sites (tertiary alicyclic amines) is 1. The minimum absolute atomic E-state index is 0.0623. The van der Waals surface area contributed by atoms with Gasteiger partial charge in [0, 0.05) is 24.3 Å². The Morgan fingerprint density at radius 1 is 0.926 bits per heavy atom. The van der Waals surface area contributed by atoms with Gasteiger partial charge in [-0.2, -0.15) is 0 Å². The molecule has 1 aliphatic heterocycles. The Hall–Kier alpha value is -1.36. The quantitative estimate of drug-likeness (QED) is 0.736. The molecule has 1 aromatic carbocycles. The van der Waals surface area contributed by atoms with Crippen LogP contribution in [-0.2, 0) is 5.41 Å². The molecule has 1 heterocycles. The number of hydrogen-bond donors (Lipinski definition) is 0. The molecule has 4 rings (SSSR count). The van der Waals surface area contributed by atoms with Gasteiger partial charge in [-0.1, -0.05) is 6.07 Å². The van der Waals surface area contributed by atoms with E-state index in [1.165, 1.54) is 5.56 Å². The van der Waals surface area contributed by atoms with E-state index in [1.54, 1.807) is 14.2 Å². The van der Waals surface area contributed by atoms with E-state index >= 15 is 0 Å². The van der Waals surface area contributed by atoms with Crippen LogP contribution in [-0.4, -0.2) is 44.7 Å². The van der Waals surface area contributed by atoms with Crippen molar-refractivity contribution in [3.8, 4) is 11.5 Å². The Morgan fingerprint density at radius 2 is 1.59 bits per heavy atom. The molecule has 0 amide bonds. The molecule has 0 unspecified atom stereocenters. The fourth-order valence-corrected chi connectivity index (χ4v) is 5.99. The number of benzene rings is 1. The summed E-state index contributed by atoms with van der Waals surface area (Å²) in [7, 11) is 5.53. The molecule has 3 nitrogen and oxygen atoms in total. The molecule has 2 saturated carbocycles. The summed E-state index contributed by atoms with van der Waals surface area (Å²) in [5.74, 6) is -0.928. The molecule has 1 spiro atoms. The summed E-state index contributed by atoms with van der Waals surface area (Å²) in [6.45, 7) is 1.06. The zero-order valence-corrected chi connectivity index (χ0v) is 16.7. The van der Waals surface area contributed by atoms with Crippen LogP contribution in [0, 0.1) is 5.41 Å². The number of hydrogen-bond acceptors (Lipinski definition) is 3. The number of likely N-dealkylation sites (N-methyl/N-ethyl adjacent to an activating group) is 1. The van der Waals surface area contributed by atoms with Crippen LogP contribution in [0.25, 0.3) is 0 Å². The first-order valence-electron chi connectivity index (χ1n) is 10.1. The molecule has 2 atom stereocenters. The third kappa shape index (κ3) is 3.12. The summed E-state index contributed by atoms with van der Waals surface area (Å²) < 4.78 is 38.5. The van der Waals surface area contributed by atoms with Crippen LogP contribution in [0.4, 0.5) is 8.78 Å². The summed E-state index contributed by atoms with van der Waals surface area (Å²) in [6.07, 6.45) is 5.76. The highest BCUT2D eigenvalue weighted by atomic mass is 19.3. The van der Waals surface area contributed by atoms with Gasteiger partial charge in [0.05, 0.1) is 14.2 Å². The lowest BCUT2D eigenvalue weighted by Gasteiger charge is -2.52. The minimum Gasteiger partial charge on any atom is -0.493 e. The zero-order valence-electron chi connectivity index (χ0n) is 16.7. The van der Waals surface area contributed by atoms with Crippen LogP contribution in [0.3, 0.4) is 0 Å². The highest BCUT2D eigenvalue weighted by Crippen LogP contribution is 2.59. The van der Waals surface area contributed by atoms with Gasteiger partial charge in [0.2, 0.25) is 5.92 Å². The minimum atomic E-state index is -2.45. The van der Waals surface area contributed by atoms with Gasteiger partial charge in [0.15, 0.2) is 11.5 Å². The summed E-state index contributed by atoms with van der Waals surface area (Å²) in [5.41, 5.74) is 1.51. The van der Waals surface area contributed by atoms with Crippen LogP contribution in [0.2, 0.25) is 0 Å². The maximum absolute atomic E-state index is 13.7. The van der Waals surface area contributed by atoms with E-state index < -0.39 is 5.92 Å². The highest BCUT2D eigenvalue weighted by molar-refractivity contribution is 5.46. The van der Waals surface area contributed by atoms with Crippen molar-refractivity contribution in [2.45, 2.75) is 68.7 Å². The third-order valence-corrected chi connectivity index (χ3v) is 7.81. The van der Waals surface area contributed by atoms with E-state index in [-0.39, 0.29) is 23.7 Å². The maximum Gasteiger partial charge on any atom is 0.248 e.